The van der Waals surface area contributed by atoms with E-state index in [0.29, 0.717) is 17.5 Å². The van der Waals surface area contributed by atoms with Crippen molar-refractivity contribution in [2.75, 3.05) is 7.11 Å². The molecule has 2 aromatic rings. The topological polar surface area (TPSA) is 31.4 Å². The summed E-state index contributed by atoms with van der Waals surface area (Å²) in [6, 6.07) is 9.38. The summed E-state index contributed by atoms with van der Waals surface area (Å²) < 4.78 is 10.9. The highest BCUT2D eigenvalue weighted by molar-refractivity contribution is 6.17. The van der Waals surface area contributed by atoms with Gasteiger partial charge >= 0.3 is 0 Å². The zero-order valence-electron chi connectivity index (χ0n) is 10.3. The molecule has 2 rings (SSSR count). The van der Waals surface area contributed by atoms with Gasteiger partial charge in [0.2, 0.25) is 5.88 Å². The average molecular weight is 264 g/mol. The zero-order valence-corrected chi connectivity index (χ0v) is 11.1. The van der Waals surface area contributed by atoms with Crippen molar-refractivity contribution in [1.29, 1.82) is 0 Å². The van der Waals surface area contributed by atoms with Gasteiger partial charge in [-0.25, -0.2) is 4.98 Å². The smallest absolute Gasteiger partial charge is 0.222 e. The first-order valence-corrected chi connectivity index (χ1v) is 6.10. The van der Waals surface area contributed by atoms with Crippen LogP contribution in [0.2, 0.25) is 0 Å². The van der Waals surface area contributed by atoms with Crippen molar-refractivity contribution in [1.82, 2.24) is 4.98 Å². The lowest BCUT2D eigenvalue weighted by Gasteiger charge is -2.09. The molecule has 3 nitrogen and oxygen atoms in total. The number of hydrogen-bond donors (Lipinski definition) is 0. The molecule has 0 atom stereocenters. The minimum atomic E-state index is 0.452. The molecule has 1 aromatic heterocycles. The normalized spacial score (nSPS) is 10.2. The van der Waals surface area contributed by atoms with E-state index in [-0.39, 0.29) is 0 Å². The second-order valence-electron chi connectivity index (χ2n) is 3.88. The molecule has 1 heterocycles. The Hall–Kier alpha value is -1.74. The van der Waals surface area contributed by atoms with Gasteiger partial charge in [-0.3, -0.25) is 0 Å². The van der Waals surface area contributed by atoms with Crippen molar-refractivity contribution < 1.29 is 9.47 Å². The predicted molar refractivity (Wildman–Crippen MR) is 71.6 cm³/mol. The number of rotatable bonds is 4. The Labute approximate surface area is 111 Å². The molecule has 0 saturated heterocycles. The van der Waals surface area contributed by atoms with Gasteiger partial charge in [0.25, 0.3) is 0 Å². The first-order chi connectivity index (χ1) is 8.72. The molecular weight excluding hydrogens is 250 g/mol. The lowest BCUT2D eigenvalue weighted by Crippen LogP contribution is -1.93. The Morgan fingerprint density at radius 1 is 1.22 bits per heavy atom. The Balaban J connectivity index is 2.22. The third-order valence-corrected chi connectivity index (χ3v) is 2.81. The first-order valence-electron chi connectivity index (χ1n) is 5.56. The maximum atomic E-state index is 5.75. The van der Waals surface area contributed by atoms with Gasteiger partial charge in [-0.2, -0.15) is 0 Å². The van der Waals surface area contributed by atoms with Gasteiger partial charge in [0.15, 0.2) is 0 Å². The number of ether oxygens (including phenoxy) is 2. The average Bonchev–Trinajstić information content (AvgIpc) is 2.41. The van der Waals surface area contributed by atoms with Crippen LogP contribution in [0.15, 0.2) is 36.5 Å². The first kappa shape index (κ1) is 12.7. The monoisotopic (exact) mass is 263 g/mol. The summed E-state index contributed by atoms with van der Waals surface area (Å²) in [6.07, 6.45) is 1.72. The van der Waals surface area contributed by atoms with Crippen LogP contribution < -0.4 is 9.47 Å². The minimum absolute atomic E-state index is 0.452. The number of nitrogens with zero attached hydrogens (tertiary/aromatic N) is 1. The molecule has 0 spiro atoms. The predicted octanol–water partition coefficient (Wildman–Crippen LogP) is 3.93. The van der Waals surface area contributed by atoms with Crippen LogP contribution >= 0.6 is 11.6 Å². The summed E-state index contributed by atoms with van der Waals surface area (Å²) in [6.45, 7) is 1.94. The molecule has 0 unspecified atom stereocenters. The van der Waals surface area contributed by atoms with Crippen molar-refractivity contribution >= 4 is 11.6 Å². The van der Waals surface area contributed by atoms with Gasteiger partial charge < -0.3 is 9.47 Å². The third kappa shape index (κ3) is 2.93. The SMILES string of the molecule is COc1cccc(Oc2ncc(CCl)cc2C)c1. The van der Waals surface area contributed by atoms with Crippen LogP contribution in [0.1, 0.15) is 11.1 Å². The number of methoxy groups -OCH3 is 1. The highest BCUT2D eigenvalue weighted by atomic mass is 35.5. The Morgan fingerprint density at radius 2 is 2.00 bits per heavy atom. The van der Waals surface area contributed by atoms with Gasteiger partial charge in [-0.05, 0) is 30.7 Å². The van der Waals surface area contributed by atoms with Gasteiger partial charge in [0.05, 0.1) is 7.11 Å². The number of alkyl halides is 1. The summed E-state index contributed by atoms with van der Waals surface area (Å²) in [5, 5.41) is 0. The van der Waals surface area contributed by atoms with Crippen LogP contribution in [0, 0.1) is 6.92 Å². The van der Waals surface area contributed by atoms with Crippen molar-refractivity contribution in [3.05, 3.63) is 47.7 Å². The standard InChI is InChI=1S/C14H14ClNO2/c1-10-6-11(8-15)9-16-14(10)18-13-5-3-4-12(7-13)17-2/h3-7,9H,8H2,1-2H3. The summed E-state index contributed by atoms with van der Waals surface area (Å²) in [7, 11) is 1.62. The molecule has 0 aliphatic heterocycles. The number of pyridine rings is 1. The van der Waals surface area contributed by atoms with Crippen molar-refractivity contribution in [3.8, 4) is 17.4 Å². The van der Waals surface area contributed by atoms with E-state index < -0.39 is 0 Å². The van der Waals surface area contributed by atoms with E-state index in [1.165, 1.54) is 0 Å². The fourth-order valence-electron chi connectivity index (χ4n) is 1.58. The van der Waals surface area contributed by atoms with Crippen LogP contribution in [-0.4, -0.2) is 12.1 Å². The highest BCUT2D eigenvalue weighted by Crippen LogP contribution is 2.26. The number of halogens is 1. The van der Waals surface area contributed by atoms with E-state index in [4.69, 9.17) is 21.1 Å². The lowest BCUT2D eigenvalue weighted by atomic mass is 10.2. The molecule has 0 radical (unpaired) electrons. The molecular formula is C14H14ClNO2. The van der Waals surface area contributed by atoms with Gasteiger partial charge in [-0.1, -0.05) is 6.07 Å². The molecule has 0 aliphatic carbocycles. The maximum absolute atomic E-state index is 5.75. The minimum Gasteiger partial charge on any atom is -0.497 e. The zero-order chi connectivity index (χ0) is 13.0. The summed E-state index contributed by atoms with van der Waals surface area (Å²) in [5.74, 6) is 2.48. The van der Waals surface area contributed by atoms with Crippen LogP contribution in [0.3, 0.4) is 0 Å². The summed E-state index contributed by atoms with van der Waals surface area (Å²) in [4.78, 5) is 4.25. The fourth-order valence-corrected chi connectivity index (χ4v) is 1.72. The van der Waals surface area contributed by atoms with Crippen molar-refractivity contribution in [3.63, 3.8) is 0 Å². The van der Waals surface area contributed by atoms with E-state index in [1.807, 2.05) is 37.3 Å². The molecule has 0 saturated carbocycles. The number of benzene rings is 1. The van der Waals surface area contributed by atoms with Crippen LogP contribution in [0.5, 0.6) is 17.4 Å². The molecule has 0 fully saturated rings. The van der Waals surface area contributed by atoms with Crippen LogP contribution in [0.25, 0.3) is 0 Å². The fraction of sp³-hybridized carbons (Fsp3) is 0.214. The molecule has 1 aromatic carbocycles. The number of aromatic nitrogens is 1. The third-order valence-electron chi connectivity index (χ3n) is 2.50. The number of hydrogen-bond acceptors (Lipinski definition) is 3. The van der Waals surface area contributed by atoms with E-state index in [1.54, 1.807) is 13.3 Å². The summed E-state index contributed by atoms with van der Waals surface area (Å²) in [5.41, 5.74) is 1.93. The Kier molecular flexibility index (Phi) is 4.05. The van der Waals surface area contributed by atoms with Gasteiger partial charge in [0.1, 0.15) is 11.5 Å². The van der Waals surface area contributed by atoms with Gasteiger partial charge in [0, 0.05) is 23.7 Å². The second kappa shape index (κ2) is 5.74. The second-order valence-corrected chi connectivity index (χ2v) is 4.15. The molecule has 0 amide bonds. The molecule has 18 heavy (non-hydrogen) atoms. The Bertz CT molecular complexity index is 543. The highest BCUT2D eigenvalue weighted by Gasteiger charge is 2.05. The van der Waals surface area contributed by atoms with Gasteiger partial charge in [-0.15, -0.1) is 11.6 Å². The van der Waals surface area contributed by atoms with E-state index in [9.17, 15) is 0 Å². The molecule has 0 aliphatic rings. The molecule has 4 heteroatoms. The Morgan fingerprint density at radius 3 is 2.67 bits per heavy atom. The molecule has 94 valence electrons. The molecule has 0 bridgehead atoms. The van der Waals surface area contributed by atoms with Crippen molar-refractivity contribution in [2.45, 2.75) is 12.8 Å². The van der Waals surface area contributed by atoms with E-state index in [2.05, 4.69) is 4.98 Å². The molecule has 0 N–H and O–H groups in total. The lowest BCUT2D eigenvalue weighted by molar-refractivity contribution is 0.407. The van der Waals surface area contributed by atoms with E-state index in [0.717, 1.165) is 16.9 Å². The quantitative estimate of drug-likeness (QED) is 0.783. The van der Waals surface area contributed by atoms with Crippen molar-refractivity contribution in [2.24, 2.45) is 0 Å². The van der Waals surface area contributed by atoms with Crippen LogP contribution in [-0.2, 0) is 5.88 Å². The summed E-state index contributed by atoms with van der Waals surface area (Å²) >= 11 is 5.75. The number of aryl methyl sites for hydroxylation is 1. The van der Waals surface area contributed by atoms with Crippen LogP contribution in [0.4, 0.5) is 0 Å². The van der Waals surface area contributed by atoms with E-state index >= 15 is 0 Å². The largest absolute Gasteiger partial charge is 0.497 e. The maximum Gasteiger partial charge on any atom is 0.222 e.